The second-order valence-electron chi connectivity index (χ2n) is 3.49. The molecular weight excluding hydrogens is 152 g/mol. The molecule has 1 N–H and O–H groups in total. The highest BCUT2D eigenvalue weighted by atomic mass is 16.5. The van der Waals surface area contributed by atoms with Crippen molar-refractivity contribution in [2.45, 2.75) is 46.1 Å². The van der Waals surface area contributed by atoms with E-state index in [0.717, 1.165) is 13.0 Å². The Balaban J connectivity index is 3.18. The molecule has 2 heteroatoms. The monoisotopic (exact) mass is 174 g/mol. The average molecular weight is 174 g/mol. The maximum atomic E-state index is 9.18. The van der Waals surface area contributed by atoms with Gasteiger partial charge in [0.25, 0.3) is 0 Å². The topological polar surface area (TPSA) is 29.5 Å². The van der Waals surface area contributed by atoms with Crippen LogP contribution in [0, 0.1) is 5.92 Å². The predicted molar refractivity (Wildman–Crippen MR) is 51.2 cm³/mol. The van der Waals surface area contributed by atoms with E-state index in [1.807, 2.05) is 6.92 Å². The highest BCUT2D eigenvalue weighted by Gasteiger charge is 2.03. The Hall–Kier alpha value is -0.0800. The van der Waals surface area contributed by atoms with Gasteiger partial charge in [0.2, 0.25) is 0 Å². The van der Waals surface area contributed by atoms with Crippen LogP contribution >= 0.6 is 0 Å². The standard InChI is InChI=1S/C10H22O2/c1-4-6-9(3)7-12-8-10(11)5-2/h9-11H,4-8H2,1-3H3. The van der Waals surface area contributed by atoms with E-state index in [2.05, 4.69) is 13.8 Å². The van der Waals surface area contributed by atoms with E-state index in [-0.39, 0.29) is 6.10 Å². The Bertz CT molecular complexity index is 93.8. The van der Waals surface area contributed by atoms with E-state index in [1.165, 1.54) is 12.8 Å². The molecule has 74 valence electrons. The second-order valence-corrected chi connectivity index (χ2v) is 3.49. The lowest BCUT2D eigenvalue weighted by Gasteiger charge is -2.12. The quantitative estimate of drug-likeness (QED) is 0.641. The minimum absolute atomic E-state index is 0.279. The van der Waals surface area contributed by atoms with Gasteiger partial charge in [-0.05, 0) is 18.8 Å². The molecule has 0 aliphatic carbocycles. The van der Waals surface area contributed by atoms with Crippen LogP contribution in [0.2, 0.25) is 0 Å². The molecule has 0 amide bonds. The summed E-state index contributed by atoms with van der Waals surface area (Å²) < 4.78 is 5.35. The molecule has 0 aliphatic rings. The zero-order valence-electron chi connectivity index (χ0n) is 8.55. The molecule has 0 saturated carbocycles. The summed E-state index contributed by atoms with van der Waals surface area (Å²) in [4.78, 5) is 0. The number of aliphatic hydroxyl groups excluding tert-OH is 1. The average Bonchev–Trinajstić information content (AvgIpc) is 2.04. The van der Waals surface area contributed by atoms with Gasteiger partial charge in [-0.2, -0.15) is 0 Å². The fraction of sp³-hybridized carbons (Fsp3) is 1.00. The van der Waals surface area contributed by atoms with Crippen LogP contribution in [0.25, 0.3) is 0 Å². The molecular formula is C10H22O2. The normalized spacial score (nSPS) is 16.0. The van der Waals surface area contributed by atoms with Crippen molar-refractivity contribution < 1.29 is 9.84 Å². The Morgan fingerprint density at radius 2 is 1.92 bits per heavy atom. The molecule has 2 nitrogen and oxygen atoms in total. The maximum Gasteiger partial charge on any atom is 0.0771 e. The first-order chi connectivity index (χ1) is 5.70. The number of hydrogen-bond acceptors (Lipinski definition) is 2. The Morgan fingerprint density at radius 1 is 1.25 bits per heavy atom. The SMILES string of the molecule is CCCC(C)COCC(O)CC. The first-order valence-electron chi connectivity index (χ1n) is 4.96. The van der Waals surface area contributed by atoms with Crippen LogP contribution in [0.4, 0.5) is 0 Å². The van der Waals surface area contributed by atoms with Crippen molar-refractivity contribution in [2.75, 3.05) is 13.2 Å². The van der Waals surface area contributed by atoms with Crippen LogP contribution < -0.4 is 0 Å². The summed E-state index contributed by atoms with van der Waals surface area (Å²) in [7, 11) is 0. The summed E-state index contributed by atoms with van der Waals surface area (Å²) in [5.41, 5.74) is 0. The number of rotatable bonds is 7. The summed E-state index contributed by atoms with van der Waals surface area (Å²) in [6, 6.07) is 0. The molecule has 2 unspecified atom stereocenters. The van der Waals surface area contributed by atoms with Gasteiger partial charge in [-0.15, -0.1) is 0 Å². The van der Waals surface area contributed by atoms with Gasteiger partial charge in [-0.3, -0.25) is 0 Å². The molecule has 0 heterocycles. The lowest BCUT2D eigenvalue weighted by molar-refractivity contribution is 0.0209. The molecule has 0 aromatic rings. The lowest BCUT2D eigenvalue weighted by Crippen LogP contribution is -2.16. The smallest absolute Gasteiger partial charge is 0.0771 e. The molecule has 0 radical (unpaired) electrons. The Labute approximate surface area is 75.9 Å². The van der Waals surface area contributed by atoms with Gasteiger partial charge < -0.3 is 9.84 Å². The van der Waals surface area contributed by atoms with Crippen molar-refractivity contribution in [3.63, 3.8) is 0 Å². The molecule has 0 saturated heterocycles. The minimum atomic E-state index is -0.279. The van der Waals surface area contributed by atoms with E-state index in [4.69, 9.17) is 4.74 Å². The molecule has 0 aromatic heterocycles. The van der Waals surface area contributed by atoms with Crippen molar-refractivity contribution in [1.29, 1.82) is 0 Å². The van der Waals surface area contributed by atoms with Crippen LogP contribution in [0.5, 0.6) is 0 Å². The molecule has 0 rings (SSSR count). The lowest BCUT2D eigenvalue weighted by atomic mass is 10.1. The molecule has 0 fully saturated rings. The third-order valence-corrected chi connectivity index (χ3v) is 1.97. The first-order valence-corrected chi connectivity index (χ1v) is 4.96. The largest absolute Gasteiger partial charge is 0.391 e. The van der Waals surface area contributed by atoms with Crippen LogP contribution in [0.15, 0.2) is 0 Å². The molecule has 2 atom stereocenters. The van der Waals surface area contributed by atoms with E-state index in [1.54, 1.807) is 0 Å². The second kappa shape index (κ2) is 7.56. The predicted octanol–water partition coefficient (Wildman–Crippen LogP) is 2.21. The number of hydrogen-bond donors (Lipinski definition) is 1. The number of ether oxygens (including phenoxy) is 1. The van der Waals surface area contributed by atoms with E-state index in [0.29, 0.717) is 12.5 Å². The van der Waals surface area contributed by atoms with Crippen LogP contribution in [0.3, 0.4) is 0 Å². The van der Waals surface area contributed by atoms with Crippen molar-refractivity contribution >= 4 is 0 Å². The van der Waals surface area contributed by atoms with Crippen molar-refractivity contribution in [3.05, 3.63) is 0 Å². The number of aliphatic hydroxyl groups is 1. The maximum absolute atomic E-state index is 9.18. The summed E-state index contributed by atoms with van der Waals surface area (Å²) in [5, 5.41) is 9.18. The van der Waals surface area contributed by atoms with Gasteiger partial charge in [0.15, 0.2) is 0 Å². The van der Waals surface area contributed by atoms with Gasteiger partial charge in [-0.1, -0.05) is 27.2 Å². The van der Waals surface area contributed by atoms with E-state index < -0.39 is 0 Å². The molecule has 0 aliphatic heterocycles. The van der Waals surface area contributed by atoms with Gasteiger partial charge in [-0.25, -0.2) is 0 Å². The zero-order chi connectivity index (χ0) is 9.40. The van der Waals surface area contributed by atoms with Gasteiger partial charge in [0.05, 0.1) is 12.7 Å². The third kappa shape index (κ3) is 6.62. The van der Waals surface area contributed by atoms with Crippen LogP contribution in [-0.2, 0) is 4.74 Å². The van der Waals surface area contributed by atoms with Gasteiger partial charge in [0.1, 0.15) is 0 Å². The Morgan fingerprint density at radius 3 is 2.42 bits per heavy atom. The fourth-order valence-corrected chi connectivity index (χ4v) is 1.10. The fourth-order valence-electron chi connectivity index (χ4n) is 1.10. The summed E-state index contributed by atoms with van der Waals surface area (Å²) in [6.07, 6.45) is 2.92. The molecule has 0 spiro atoms. The van der Waals surface area contributed by atoms with Crippen LogP contribution in [-0.4, -0.2) is 24.4 Å². The van der Waals surface area contributed by atoms with Crippen LogP contribution in [0.1, 0.15) is 40.0 Å². The molecule has 12 heavy (non-hydrogen) atoms. The summed E-state index contributed by atoms with van der Waals surface area (Å²) in [6.45, 7) is 7.60. The highest BCUT2D eigenvalue weighted by molar-refractivity contribution is 4.52. The summed E-state index contributed by atoms with van der Waals surface area (Å²) >= 11 is 0. The summed E-state index contributed by atoms with van der Waals surface area (Å²) in [5.74, 6) is 0.624. The Kier molecular flexibility index (Phi) is 7.51. The molecule has 0 bridgehead atoms. The van der Waals surface area contributed by atoms with Crippen molar-refractivity contribution in [3.8, 4) is 0 Å². The van der Waals surface area contributed by atoms with Gasteiger partial charge in [0, 0.05) is 6.61 Å². The minimum Gasteiger partial charge on any atom is -0.391 e. The first kappa shape index (κ1) is 11.9. The van der Waals surface area contributed by atoms with E-state index in [9.17, 15) is 5.11 Å². The van der Waals surface area contributed by atoms with Crippen molar-refractivity contribution in [2.24, 2.45) is 5.92 Å². The van der Waals surface area contributed by atoms with Crippen molar-refractivity contribution in [1.82, 2.24) is 0 Å². The zero-order valence-corrected chi connectivity index (χ0v) is 8.55. The highest BCUT2D eigenvalue weighted by Crippen LogP contribution is 2.05. The third-order valence-electron chi connectivity index (χ3n) is 1.97. The molecule has 0 aromatic carbocycles. The van der Waals surface area contributed by atoms with E-state index >= 15 is 0 Å². The van der Waals surface area contributed by atoms with Gasteiger partial charge >= 0.3 is 0 Å².